The topological polar surface area (TPSA) is 26.3 Å². The molecule has 0 saturated heterocycles. The van der Waals surface area contributed by atoms with Crippen molar-refractivity contribution in [3.63, 3.8) is 0 Å². The molecule has 0 aliphatic rings. The highest BCUT2D eigenvalue weighted by molar-refractivity contribution is 9.10. The number of ether oxygens (including phenoxy) is 1. The Morgan fingerprint density at radius 2 is 1.71 bits per heavy atom. The van der Waals surface area contributed by atoms with Crippen molar-refractivity contribution in [2.24, 2.45) is 0 Å². The first kappa shape index (κ1) is 15.6. The van der Waals surface area contributed by atoms with E-state index in [4.69, 9.17) is 4.74 Å². The fraction of sp³-hybridized carbons (Fsp3) is 0.133. The van der Waals surface area contributed by atoms with Gasteiger partial charge in [0.25, 0.3) is 0 Å². The van der Waals surface area contributed by atoms with Crippen molar-refractivity contribution >= 4 is 21.7 Å². The molecule has 2 aromatic rings. The van der Waals surface area contributed by atoms with Crippen LogP contribution in [-0.4, -0.2) is 12.9 Å². The van der Waals surface area contributed by atoms with Crippen LogP contribution >= 0.6 is 15.9 Å². The molecule has 0 saturated carbocycles. The maximum Gasteiger partial charge on any atom is 0.417 e. The van der Waals surface area contributed by atoms with E-state index in [1.807, 2.05) is 0 Å². The van der Waals surface area contributed by atoms with E-state index >= 15 is 0 Å². The van der Waals surface area contributed by atoms with Gasteiger partial charge in [-0.1, -0.05) is 15.9 Å². The molecule has 0 radical (unpaired) electrons. The lowest BCUT2D eigenvalue weighted by atomic mass is 9.98. The van der Waals surface area contributed by atoms with E-state index in [1.165, 1.54) is 43.5 Å². The van der Waals surface area contributed by atoms with Crippen molar-refractivity contribution in [3.05, 3.63) is 63.6 Å². The average Bonchev–Trinajstić information content (AvgIpc) is 2.45. The summed E-state index contributed by atoms with van der Waals surface area (Å²) < 4.78 is 44.3. The molecule has 0 aliphatic carbocycles. The van der Waals surface area contributed by atoms with Crippen LogP contribution in [0.1, 0.15) is 21.5 Å². The van der Waals surface area contributed by atoms with Crippen molar-refractivity contribution < 1.29 is 22.7 Å². The molecule has 110 valence electrons. The second-order valence-electron chi connectivity index (χ2n) is 4.25. The molecule has 0 heterocycles. The average molecular weight is 359 g/mol. The van der Waals surface area contributed by atoms with Crippen LogP contribution in [0.5, 0.6) is 5.75 Å². The molecule has 0 bridgehead atoms. The van der Waals surface area contributed by atoms with Crippen molar-refractivity contribution in [1.82, 2.24) is 0 Å². The van der Waals surface area contributed by atoms with Crippen LogP contribution < -0.4 is 4.74 Å². The van der Waals surface area contributed by atoms with Gasteiger partial charge < -0.3 is 4.74 Å². The summed E-state index contributed by atoms with van der Waals surface area (Å²) in [7, 11) is 1.47. The molecule has 2 nitrogen and oxygen atoms in total. The van der Waals surface area contributed by atoms with E-state index in [9.17, 15) is 18.0 Å². The minimum Gasteiger partial charge on any atom is -0.497 e. The van der Waals surface area contributed by atoms with Crippen LogP contribution in [0.2, 0.25) is 0 Å². The Kier molecular flexibility index (Phi) is 4.37. The number of halogens is 4. The lowest BCUT2D eigenvalue weighted by Gasteiger charge is -2.12. The zero-order valence-electron chi connectivity index (χ0n) is 10.9. The van der Waals surface area contributed by atoms with Crippen LogP contribution in [-0.2, 0) is 6.18 Å². The van der Waals surface area contributed by atoms with Gasteiger partial charge in [-0.05, 0) is 42.5 Å². The summed E-state index contributed by atoms with van der Waals surface area (Å²) in [6, 6.07) is 9.40. The summed E-state index contributed by atoms with van der Waals surface area (Å²) in [6.45, 7) is 0. The summed E-state index contributed by atoms with van der Waals surface area (Å²) in [5, 5.41) is 0. The molecule has 2 rings (SSSR count). The summed E-state index contributed by atoms with van der Waals surface area (Å²) in [6.07, 6.45) is -4.60. The number of alkyl halides is 3. The smallest absolute Gasteiger partial charge is 0.417 e. The minimum absolute atomic E-state index is 0.170. The lowest BCUT2D eigenvalue weighted by Crippen LogP contribution is -2.13. The Bertz CT molecular complexity index is 664. The molecule has 6 heteroatoms. The van der Waals surface area contributed by atoms with Gasteiger partial charge in [0, 0.05) is 15.6 Å². The van der Waals surface area contributed by atoms with Crippen LogP contribution in [0.15, 0.2) is 46.9 Å². The highest BCUT2D eigenvalue weighted by Gasteiger charge is 2.35. The molecule has 0 unspecified atom stereocenters. The van der Waals surface area contributed by atoms with E-state index in [2.05, 4.69) is 15.9 Å². The maximum absolute atomic E-state index is 13.0. The minimum atomic E-state index is -4.60. The Hall–Kier alpha value is -1.82. The van der Waals surface area contributed by atoms with Crippen molar-refractivity contribution in [2.75, 3.05) is 7.11 Å². The normalized spacial score (nSPS) is 11.3. The predicted molar refractivity (Wildman–Crippen MR) is 75.6 cm³/mol. The van der Waals surface area contributed by atoms with Crippen molar-refractivity contribution in [2.45, 2.75) is 6.18 Å². The number of hydrogen-bond donors (Lipinski definition) is 0. The molecule has 0 fully saturated rings. The van der Waals surface area contributed by atoms with Gasteiger partial charge in [-0.25, -0.2) is 0 Å². The number of carbonyl (C=O) groups excluding carboxylic acids is 1. The zero-order chi connectivity index (χ0) is 15.6. The SMILES string of the molecule is COc1ccc(C(=O)c2ccc(Br)cc2C(F)(F)F)cc1. The lowest BCUT2D eigenvalue weighted by molar-refractivity contribution is -0.137. The fourth-order valence-corrected chi connectivity index (χ4v) is 2.21. The number of ketones is 1. The predicted octanol–water partition coefficient (Wildman–Crippen LogP) is 4.71. The molecule has 0 aromatic heterocycles. The molecule has 2 aromatic carbocycles. The summed E-state index contributed by atoms with van der Waals surface area (Å²) in [4.78, 5) is 12.3. The largest absolute Gasteiger partial charge is 0.497 e. The van der Waals surface area contributed by atoms with E-state index in [0.29, 0.717) is 5.75 Å². The Labute approximate surface area is 127 Å². The first-order valence-corrected chi connectivity index (χ1v) is 6.67. The van der Waals surface area contributed by atoms with Crippen LogP contribution in [0.4, 0.5) is 13.2 Å². The van der Waals surface area contributed by atoms with E-state index in [0.717, 1.165) is 6.07 Å². The standard InChI is InChI=1S/C15H10BrF3O2/c1-21-11-5-2-9(3-6-11)14(20)12-7-4-10(16)8-13(12)15(17,18)19/h2-8H,1H3. The molecule has 0 amide bonds. The van der Waals surface area contributed by atoms with Gasteiger partial charge in [0.1, 0.15) is 5.75 Å². The second-order valence-corrected chi connectivity index (χ2v) is 5.16. The number of benzene rings is 2. The van der Waals surface area contributed by atoms with E-state index < -0.39 is 17.5 Å². The molecule has 0 atom stereocenters. The molecule has 0 spiro atoms. The highest BCUT2D eigenvalue weighted by Crippen LogP contribution is 2.34. The van der Waals surface area contributed by atoms with Gasteiger partial charge in [0.15, 0.2) is 5.78 Å². The van der Waals surface area contributed by atoms with Gasteiger partial charge in [0.2, 0.25) is 0 Å². The number of methoxy groups -OCH3 is 1. The maximum atomic E-state index is 13.0. The van der Waals surface area contributed by atoms with Gasteiger partial charge >= 0.3 is 6.18 Å². The molecule has 0 aliphatic heterocycles. The van der Waals surface area contributed by atoms with Crippen LogP contribution in [0, 0.1) is 0 Å². The second kappa shape index (κ2) is 5.89. The Morgan fingerprint density at radius 1 is 1.10 bits per heavy atom. The first-order chi connectivity index (χ1) is 9.82. The van der Waals surface area contributed by atoms with Crippen molar-refractivity contribution in [3.8, 4) is 5.75 Å². The highest BCUT2D eigenvalue weighted by atomic mass is 79.9. The third kappa shape index (κ3) is 3.44. The number of rotatable bonds is 3. The van der Waals surface area contributed by atoms with Crippen molar-refractivity contribution in [1.29, 1.82) is 0 Å². The third-order valence-corrected chi connectivity index (χ3v) is 3.38. The number of hydrogen-bond acceptors (Lipinski definition) is 2. The first-order valence-electron chi connectivity index (χ1n) is 5.88. The number of carbonyl (C=O) groups is 1. The Morgan fingerprint density at radius 3 is 2.24 bits per heavy atom. The Balaban J connectivity index is 2.47. The zero-order valence-corrected chi connectivity index (χ0v) is 12.5. The quantitative estimate of drug-likeness (QED) is 0.743. The third-order valence-electron chi connectivity index (χ3n) is 2.88. The molecular weight excluding hydrogens is 349 g/mol. The van der Waals surface area contributed by atoms with Crippen LogP contribution in [0.25, 0.3) is 0 Å². The molecule has 0 N–H and O–H groups in total. The fourth-order valence-electron chi connectivity index (χ4n) is 1.85. The summed E-state index contributed by atoms with van der Waals surface area (Å²) >= 11 is 2.99. The van der Waals surface area contributed by atoms with Gasteiger partial charge in [0.05, 0.1) is 12.7 Å². The molecule has 21 heavy (non-hydrogen) atoms. The van der Waals surface area contributed by atoms with Gasteiger partial charge in [-0.15, -0.1) is 0 Å². The van der Waals surface area contributed by atoms with Crippen LogP contribution in [0.3, 0.4) is 0 Å². The molecular formula is C15H10BrF3O2. The van der Waals surface area contributed by atoms with Gasteiger partial charge in [-0.3, -0.25) is 4.79 Å². The summed E-state index contributed by atoms with van der Waals surface area (Å²) in [5.41, 5.74) is -1.17. The summed E-state index contributed by atoms with van der Waals surface area (Å²) in [5.74, 6) is -0.157. The van der Waals surface area contributed by atoms with Gasteiger partial charge in [-0.2, -0.15) is 13.2 Å². The van der Waals surface area contributed by atoms with E-state index in [-0.39, 0.29) is 15.6 Å². The monoisotopic (exact) mass is 358 g/mol. The van der Waals surface area contributed by atoms with E-state index in [1.54, 1.807) is 0 Å².